The molecule has 31 heavy (non-hydrogen) atoms. The predicted molar refractivity (Wildman–Crippen MR) is 114 cm³/mol. The smallest absolute Gasteiger partial charge is 0.262 e. The summed E-state index contributed by atoms with van der Waals surface area (Å²) < 4.78 is 1.99. The van der Waals surface area contributed by atoms with Gasteiger partial charge in [0.05, 0.1) is 5.69 Å². The van der Waals surface area contributed by atoms with Gasteiger partial charge in [0.1, 0.15) is 6.54 Å². The van der Waals surface area contributed by atoms with Crippen molar-refractivity contribution in [2.45, 2.75) is 53.6 Å². The SMILES string of the molecule is Cc1nn(CC(C)C)c(C)c1CCC(=O)NNC(=O)Cn1nnc(-c2ccccc2)n1. The zero-order valence-electron chi connectivity index (χ0n) is 18.3. The Morgan fingerprint density at radius 1 is 1.03 bits per heavy atom. The fraction of sp³-hybridized carbons (Fsp3) is 0.429. The van der Waals surface area contributed by atoms with Crippen LogP contribution in [-0.2, 0) is 29.1 Å². The summed E-state index contributed by atoms with van der Waals surface area (Å²) in [5.74, 6) is 0.205. The number of tetrazole rings is 1. The Hall–Kier alpha value is -3.56. The fourth-order valence-corrected chi connectivity index (χ4v) is 3.24. The van der Waals surface area contributed by atoms with Crippen LogP contribution in [0.25, 0.3) is 11.4 Å². The summed E-state index contributed by atoms with van der Waals surface area (Å²) in [5, 5.41) is 16.6. The zero-order valence-corrected chi connectivity index (χ0v) is 18.3. The molecule has 0 bridgehead atoms. The van der Waals surface area contributed by atoms with Crippen molar-refractivity contribution >= 4 is 11.8 Å². The van der Waals surface area contributed by atoms with E-state index in [9.17, 15) is 9.59 Å². The van der Waals surface area contributed by atoms with Crippen LogP contribution in [0.4, 0.5) is 0 Å². The number of rotatable bonds is 8. The van der Waals surface area contributed by atoms with Gasteiger partial charge < -0.3 is 0 Å². The van der Waals surface area contributed by atoms with Crippen molar-refractivity contribution in [2.24, 2.45) is 5.92 Å². The molecule has 2 heterocycles. The van der Waals surface area contributed by atoms with Crippen LogP contribution in [0.1, 0.15) is 37.2 Å². The lowest BCUT2D eigenvalue weighted by molar-refractivity contribution is -0.129. The van der Waals surface area contributed by atoms with E-state index in [2.05, 4.69) is 45.2 Å². The quantitative estimate of drug-likeness (QED) is 0.530. The van der Waals surface area contributed by atoms with Crippen molar-refractivity contribution in [2.75, 3.05) is 0 Å². The molecule has 0 spiro atoms. The number of hydrogen-bond donors (Lipinski definition) is 2. The molecule has 0 saturated carbocycles. The molecular weight excluding hydrogens is 396 g/mol. The zero-order chi connectivity index (χ0) is 22.4. The Balaban J connectivity index is 1.45. The van der Waals surface area contributed by atoms with Gasteiger partial charge in [0.2, 0.25) is 11.7 Å². The predicted octanol–water partition coefficient (Wildman–Crippen LogP) is 1.59. The van der Waals surface area contributed by atoms with Crippen LogP contribution in [0.3, 0.4) is 0 Å². The number of benzene rings is 1. The van der Waals surface area contributed by atoms with Gasteiger partial charge in [-0.15, -0.1) is 10.2 Å². The molecular formula is C21H28N8O2. The molecule has 0 fully saturated rings. The molecule has 10 nitrogen and oxygen atoms in total. The second kappa shape index (κ2) is 9.96. The van der Waals surface area contributed by atoms with E-state index in [1.54, 1.807) is 0 Å². The van der Waals surface area contributed by atoms with E-state index in [0.717, 1.165) is 29.1 Å². The maximum atomic E-state index is 12.2. The van der Waals surface area contributed by atoms with Crippen LogP contribution in [0.2, 0.25) is 0 Å². The van der Waals surface area contributed by atoms with E-state index in [1.807, 2.05) is 48.9 Å². The third kappa shape index (κ3) is 5.97. The van der Waals surface area contributed by atoms with Crippen LogP contribution in [0, 0.1) is 19.8 Å². The van der Waals surface area contributed by atoms with Gasteiger partial charge in [-0.2, -0.15) is 9.90 Å². The van der Waals surface area contributed by atoms with Gasteiger partial charge in [-0.25, -0.2) is 0 Å². The van der Waals surface area contributed by atoms with Gasteiger partial charge in [0, 0.05) is 24.2 Å². The molecule has 2 N–H and O–H groups in total. The van der Waals surface area contributed by atoms with Crippen molar-refractivity contribution in [1.29, 1.82) is 0 Å². The van der Waals surface area contributed by atoms with Gasteiger partial charge in [0.15, 0.2) is 0 Å². The minimum absolute atomic E-state index is 0.152. The summed E-state index contributed by atoms with van der Waals surface area (Å²) in [6.45, 7) is 8.95. The van der Waals surface area contributed by atoms with E-state index in [-0.39, 0.29) is 18.9 Å². The lowest BCUT2D eigenvalue weighted by Crippen LogP contribution is -2.43. The monoisotopic (exact) mass is 424 g/mol. The number of hydrazine groups is 1. The average molecular weight is 425 g/mol. The molecule has 0 saturated heterocycles. The Kier molecular flexibility index (Phi) is 7.11. The molecule has 0 radical (unpaired) electrons. The molecule has 3 aromatic rings. The van der Waals surface area contributed by atoms with E-state index < -0.39 is 5.91 Å². The van der Waals surface area contributed by atoms with Gasteiger partial charge in [-0.3, -0.25) is 25.1 Å². The van der Waals surface area contributed by atoms with Gasteiger partial charge in [-0.05, 0) is 37.0 Å². The number of aromatic nitrogens is 6. The van der Waals surface area contributed by atoms with Crippen molar-refractivity contribution in [1.82, 2.24) is 40.8 Å². The van der Waals surface area contributed by atoms with Crippen LogP contribution in [0.5, 0.6) is 0 Å². The van der Waals surface area contributed by atoms with Crippen molar-refractivity contribution in [3.8, 4) is 11.4 Å². The standard InChI is InChI=1S/C21H28N8O2/c1-14(2)12-28-16(4)18(15(3)25-28)10-11-19(30)22-23-20(31)13-29-26-21(24-27-29)17-8-6-5-7-9-17/h5-9,14H,10-13H2,1-4H3,(H,22,30)(H,23,31). The first kappa shape index (κ1) is 22.1. The van der Waals surface area contributed by atoms with Crippen LogP contribution >= 0.6 is 0 Å². The highest BCUT2D eigenvalue weighted by Gasteiger charge is 2.14. The summed E-state index contributed by atoms with van der Waals surface area (Å²) in [4.78, 5) is 25.4. The summed E-state index contributed by atoms with van der Waals surface area (Å²) in [6, 6.07) is 9.35. The van der Waals surface area contributed by atoms with Gasteiger partial charge >= 0.3 is 0 Å². The Morgan fingerprint density at radius 3 is 2.45 bits per heavy atom. The minimum atomic E-state index is -0.442. The highest BCUT2D eigenvalue weighted by atomic mass is 16.2. The number of aryl methyl sites for hydroxylation is 1. The second-order valence-electron chi connectivity index (χ2n) is 7.83. The largest absolute Gasteiger partial charge is 0.273 e. The maximum Gasteiger partial charge on any atom is 0.262 e. The number of nitrogens with zero attached hydrogens (tertiary/aromatic N) is 6. The van der Waals surface area contributed by atoms with Crippen LogP contribution < -0.4 is 10.9 Å². The third-order valence-corrected chi connectivity index (χ3v) is 4.78. The molecule has 0 atom stereocenters. The van der Waals surface area contributed by atoms with Crippen molar-refractivity contribution in [3.05, 3.63) is 47.3 Å². The van der Waals surface area contributed by atoms with Crippen molar-refractivity contribution in [3.63, 3.8) is 0 Å². The summed E-state index contributed by atoms with van der Waals surface area (Å²) in [7, 11) is 0. The average Bonchev–Trinajstić information content (AvgIpc) is 3.30. The number of amides is 2. The molecule has 0 aliphatic carbocycles. The summed E-state index contributed by atoms with van der Waals surface area (Å²) >= 11 is 0. The molecule has 164 valence electrons. The summed E-state index contributed by atoms with van der Waals surface area (Å²) in [5.41, 5.74) is 8.71. The number of carbonyl (C=O) groups excluding carboxylic acids is 2. The first-order chi connectivity index (χ1) is 14.8. The number of nitrogens with one attached hydrogen (secondary N) is 2. The lowest BCUT2D eigenvalue weighted by atomic mass is 10.1. The van der Waals surface area contributed by atoms with E-state index >= 15 is 0 Å². The number of carbonyl (C=O) groups is 2. The Morgan fingerprint density at radius 2 is 1.74 bits per heavy atom. The molecule has 1 aromatic carbocycles. The number of hydrogen-bond acceptors (Lipinski definition) is 6. The molecule has 3 rings (SSSR count). The summed E-state index contributed by atoms with van der Waals surface area (Å²) in [6.07, 6.45) is 0.803. The first-order valence-electron chi connectivity index (χ1n) is 10.3. The third-order valence-electron chi connectivity index (χ3n) is 4.78. The van der Waals surface area contributed by atoms with Gasteiger partial charge in [-0.1, -0.05) is 44.2 Å². The highest BCUT2D eigenvalue weighted by molar-refractivity contribution is 5.81. The topological polar surface area (TPSA) is 120 Å². The molecule has 2 amide bonds. The van der Waals surface area contributed by atoms with Gasteiger partial charge in [0.25, 0.3) is 5.91 Å². The van der Waals surface area contributed by atoms with Crippen LogP contribution in [-0.4, -0.2) is 41.8 Å². The normalized spacial score (nSPS) is 11.0. The highest BCUT2D eigenvalue weighted by Crippen LogP contribution is 2.16. The van der Waals surface area contributed by atoms with Crippen LogP contribution in [0.15, 0.2) is 30.3 Å². The van der Waals surface area contributed by atoms with E-state index in [1.165, 1.54) is 4.80 Å². The molecule has 0 aliphatic rings. The molecule has 0 unspecified atom stereocenters. The minimum Gasteiger partial charge on any atom is -0.273 e. The lowest BCUT2D eigenvalue weighted by Gasteiger charge is -2.09. The van der Waals surface area contributed by atoms with E-state index in [0.29, 0.717) is 18.2 Å². The molecule has 10 heteroatoms. The van der Waals surface area contributed by atoms with E-state index in [4.69, 9.17) is 0 Å². The molecule has 0 aliphatic heterocycles. The molecule has 2 aromatic heterocycles. The Bertz CT molecular complexity index is 1040. The maximum absolute atomic E-state index is 12.2. The second-order valence-corrected chi connectivity index (χ2v) is 7.83. The van der Waals surface area contributed by atoms with Crippen molar-refractivity contribution < 1.29 is 9.59 Å². The fourth-order valence-electron chi connectivity index (χ4n) is 3.24. The first-order valence-corrected chi connectivity index (χ1v) is 10.3. The Labute approximate surface area is 181 Å².